The molecule has 0 bridgehead atoms. The van der Waals surface area contributed by atoms with E-state index in [1.54, 1.807) is 30.3 Å². The Kier molecular flexibility index (Phi) is 6.42. The number of aliphatic hydroxyl groups is 1. The van der Waals surface area contributed by atoms with Gasteiger partial charge in [0.25, 0.3) is 0 Å². The standard InChI is InChI=1S/C15H17NO8/c17-11(7-15(24,14(22)23)8-12(18)19)16-10(13(20)21)6-9-4-2-1-3-5-9/h1-5,10,24H,6-8H2,(H,16,17)(H,18,19)(H,20,21)(H,22,23). The molecule has 0 saturated carbocycles. The zero-order chi connectivity index (χ0) is 18.3. The van der Waals surface area contributed by atoms with Gasteiger partial charge in [-0.05, 0) is 5.56 Å². The molecule has 1 rings (SSSR count). The molecule has 1 aromatic rings. The molecular formula is C15H17NO8. The molecule has 24 heavy (non-hydrogen) atoms. The first kappa shape index (κ1) is 19.1. The molecule has 1 amide bonds. The molecule has 1 aromatic carbocycles. The van der Waals surface area contributed by atoms with Crippen molar-refractivity contribution in [2.24, 2.45) is 0 Å². The van der Waals surface area contributed by atoms with Crippen molar-refractivity contribution in [3.8, 4) is 0 Å². The summed E-state index contributed by atoms with van der Waals surface area (Å²) in [6, 6.07) is 7.07. The lowest BCUT2D eigenvalue weighted by molar-refractivity contribution is -0.167. The number of amides is 1. The second-order valence-electron chi connectivity index (χ2n) is 5.23. The van der Waals surface area contributed by atoms with Crippen LogP contribution < -0.4 is 5.32 Å². The predicted octanol–water partition coefficient (Wildman–Crippen LogP) is -0.521. The molecule has 0 fully saturated rings. The highest BCUT2D eigenvalue weighted by Crippen LogP contribution is 2.16. The zero-order valence-corrected chi connectivity index (χ0v) is 12.5. The number of aliphatic carboxylic acids is 3. The molecule has 0 spiro atoms. The van der Waals surface area contributed by atoms with E-state index in [4.69, 9.17) is 15.3 Å². The van der Waals surface area contributed by atoms with Gasteiger partial charge in [-0.1, -0.05) is 30.3 Å². The summed E-state index contributed by atoms with van der Waals surface area (Å²) in [7, 11) is 0. The molecule has 0 aliphatic rings. The maximum absolute atomic E-state index is 11.9. The van der Waals surface area contributed by atoms with Crippen molar-refractivity contribution < 1.29 is 39.6 Å². The number of carboxylic acid groups (broad SMARTS) is 3. The summed E-state index contributed by atoms with van der Waals surface area (Å²) in [6.07, 6.45) is -2.31. The molecule has 0 saturated heterocycles. The molecule has 9 nitrogen and oxygen atoms in total. The lowest BCUT2D eigenvalue weighted by atomic mass is 9.95. The fourth-order valence-electron chi connectivity index (χ4n) is 2.02. The van der Waals surface area contributed by atoms with Gasteiger partial charge >= 0.3 is 17.9 Å². The smallest absolute Gasteiger partial charge is 0.336 e. The summed E-state index contributed by atoms with van der Waals surface area (Å²) in [4.78, 5) is 44.7. The molecule has 130 valence electrons. The van der Waals surface area contributed by atoms with Crippen LogP contribution in [0.2, 0.25) is 0 Å². The monoisotopic (exact) mass is 339 g/mol. The van der Waals surface area contributed by atoms with Gasteiger partial charge in [-0.15, -0.1) is 0 Å². The van der Waals surface area contributed by atoms with Crippen LogP contribution in [-0.4, -0.2) is 55.9 Å². The number of carbonyl (C=O) groups excluding carboxylic acids is 1. The minimum atomic E-state index is -2.81. The topological polar surface area (TPSA) is 161 Å². The molecular weight excluding hydrogens is 322 g/mol. The van der Waals surface area contributed by atoms with Gasteiger partial charge in [0.15, 0.2) is 5.60 Å². The minimum absolute atomic E-state index is 0.0493. The van der Waals surface area contributed by atoms with Crippen LogP contribution in [0.3, 0.4) is 0 Å². The number of carbonyl (C=O) groups is 4. The molecule has 0 radical (unpaired) electrons. The van der Waals surface area contributed by atoms with E-state index in [9.17, 15) is 24.3 Å². The van der Waals surface area contributed by atoms with Gasteiger partial charge in [-0.2, -0.15) is 0 Å². The Balaban J connectivity index is 2.79. The van der Waals surface area contributed by atoms with Crippen LogP contribution in [0, 0.1) is 0 Å². The van der Waals surface area contributed by atoms with E-state index in [-0.39, 0.29) is 6.42 Å². The Labute approximate surface area is 136 Å². The van der Waals surface area contributed by atoms with E-state index < -0.39 is 48.3 Å². The van der Waals surface area contributed by atoms with E-state index in [1.165, 1.54) is 0 Å². The highest BCUT2D eigenvalue weighted by molar-refractivity contribution is 5.91. The van der Waals surface area contributed by atoms with Crippen LogP contribution in [0.4, 0.5) is 0 Å². The molecule has 0 aliphatic carbocycles. The number of carboxylic acids is 3. The Hall–Kier alpha value is -2.94. The van der Waals surface area contributed by atoms with Gasteiger partial charge in [0, 0.05) is 6.42 Å². The third kappa shape index (κ3) is 5.69. The normalized spacial score (nSPS) is 14.2. The largest absolute Gasteiger partial charge is 0.481 e. The third-order valence-corrected chi connectivity index (χ3v) is 3.21. The van der Waals surface area contributed by atoms with Gasteiger partial charge in [-0.25, -0.2) is 9.59 Å². The molecule has 9 heteroatoms. The van der Waals surface area contributed by atoms with E-state index in [2.05, 4.69) is 5.32 Å². The Morgan fingerprint density at radius 2 is 1.58 bits per heavy atom. The van der Waals surface area contributed by atoms with Crippen molar-refractivity contribution >= 4 is 23.8 Å². The SMILES string of the molecule is O=C(O)CC(O)(CC(=O)NC(Cc1ccccc1)C(=O)O)C(=O)O. The summed E-state index contributed by atoms with van der Waals surface area (Å²) < 4.78 is 0. The van der Waals surface area contributed by atoms with E-state index in [0.717, 1.165) is 0 Å². The number of hydrogen-bond donors (Lipinski definition) is 5. The van der Waals surface area contributed by atoms with Crippen LogP contribution in [0.25, 0.3) is 0 Å². The second-order valence-corrected chi connectivity index (χ2v) is 5.23. The van der Waals surface area contributed by atoms with Crippen molar-refractivity contribution in [1.29, 1.82) is 0 Å². The van der Waals surface area contributed by atoms with Gasteiger partial charge in [0.2, 0.25) is 5.91 Å². The maximum atomic E-state index is 11.9. The van der Waals surface area contributed by atoms with Gasteiger partial charge < -0.3 is 25.7 Å². The predicted molar refractivity (Wildman–Crippen MR) is 79.2 cm³/mol. The molecule has 2 atom stereocenters. The highest BCUT2D eigenvalue weighted by atomic mass is 16.4. The first-order valence-corrected chi connectivity index (χ1v) is 6.87. The molecule has 0 aliphatic heterocycles. The first-order chi connectivity index (χ1) is 11.1. The van der Waals surface area contributed by atoms with Crippen molar-refractivity contribution in [1.82, 2.24) is 5.32 Å². The van der Waals surface area contributed by atoms with Crippen LogP contribution in [0.5, 0.6) is 0 Å². The van der Waals surface area contributed by atoms with Crippen LogP contribution >= 0.6 is 0 Å². The zero-order valence-electron chi connectivity index (χ0n) is 12.5. The quantitative estimate of drug-likeness (QED) is 0.401. The van der Waals surface area contributed by atoms with Crippen molar-refractivity contribution in [3.05, 3.63) is 35.9 Å². The molecule has 5 N–H and O–H groups in total. The number of rotatable bonds is 9. The molecule has 0 heterocycles. The molecule has 0 aromatic heterocycles. The van der Waals surface area contributed by atoms with E-state index in [0.29, 0.717) is 5.56 Å². The fourth-order valence-corrected chi connectivity index (χ4v) is 2.02. The highest BCUT2D eigenvalue weighted by Gasteiger charge is 2.41. The van der Waals surface area contributed by atoms with Crippen molar-refractivity contribution in [2.45, 2.75) is 30.9 Å². The summed E-state index contributed by atoms with van der Waals surface area (Å²) in [5, 5.41) is 38.6. The van der Waals surface area contributed by atoms with Crippen molar-refractivity contribution in [2.75, 3.05) is 0 Å². The number of hydrogen-bond acceptors (Lipinski definition) is 5. The number of benzene rings is 1. The summed E-state index contributed by atoms with van der Waals surface area (Å²) in [6.45, 7) is 0. The lowest BCUT2D eigenvalue weighted by Crippen LogP contribution is -2.49. The lowest BCUT2D eigenvalue weighted by Gasteiger charge is -2.22. The minimum Gasteiger partial charge on any atom is -0.481 e. The van der Waals surface area contributed by atoms with E-state index in [1.807, 2.05) is 0 Å². The Bertz CT molecular complexity index is 630. The Morgan fingerprint density at radius 3 is 2.04 bits per heavy atom. The first-order valence-electron chi connectivity index (χ1n) is 6.87. The average molecular weight is 339 g/mol. The van der Waals surface area contributed by atoms with E-state index >= 15 is 0 Å². The van der Waals surface area contributed by atoms with Gasteiger partial charge in [-0.3, -0.25) is 9.59 Å². The van der Waals surface area contributed by atoms with Crippen LogP contribution in [-0.2, 0) is 25.6 Å². The fraction of sp³-hybridized carbons (Fsp3) is 0.333. The summed E-state index contributed by atoms with van der Waals surface area (Å²) >= 11 is 0. The Morgan fingerprint density at radius 1 is 1.00 bits per heavy atom. The third-order valence-electron chi connectivity index (χ3n) is 3.21. The van der Waals surface area contributed by atoms with Crippen LogP contribution in [0.15, 0.2) is 30.3 Å². The summed E-state index contributed by atoms with van der Waals surface area (Å²) in [5.74, 6) is -5.91. The molecule has 2 unspecified atom stereocenters. The summed E-state index contributed by atoms with van der Waals surface area (Å²) in [5.41, 5.74) is -2.18. The second kappa shape index (κ2) is 8.06. The van der Waals surface area contributed by atoms with Gasteiger partial charge in [0.05, 0.1) is 12.8 Å². The van der Waals surface area contributed by atoms with Crippen LogP contribution in [0.1, 0.15) is 18.4 Å². The van der Waals surface area contributed by atoms with Gasteiger partial charge in [0.1, 0.15) is 6.04 Å². The maximum Gasteiger partial charge on any atom is 0.336 e. The average Bonchev–Trinajstić information content (AvgIpc) is 2.46. The van der Waals surface area contributed by atoms with Crippen molar-refractivity contribution in [3.63, 3.8) is 0 Å². The number of nitrogens with one attached hydrogen (secondary N) is 1.